The number of nitrogens with zero attached hydrogens (tertiary/aromatic N) is 1. The molecule has 1 aromatic carbocycles. The number of sulfonamides is 1. The van der Waals surface area contributed by atoms with Crippen molar-refractivity contribution in [3.63, 3.8) is 0 Å². The lowest BCUT2D eigenvalue weighted by Crippen LogP contribution is -2.39. The molecule has 8 heteroatoms. The van der Waals surface area contributed by atoms with Crippen molar-refractivity contribution in [3.05, 3.63) is 29.8 Å². The van der Waals surface area contributed by atoms with Crippen molar-refractivity contribution in [2.45, 2.75) is 18.3 Å². The Balaban J connectivity index is 2.55. The molecule has 1 heterocycles. The largest absolute Gasteiger partial charge is 0.418 e. The summed E-state index contributed by atoms with van der Waals surface area (Å²) in [6.07, 6.45) is -4.59. The molecule has 0 amide bonds. The molecule has 0 bridgehead atoms. The van der Waals surface area contributed by atoms with Crippen LogP contribution in [0, 0.1) is 0 Å². The van der Waals surface area contributed by atoms with Gasteiger partial charge in [-0.2, -0.15) is 13.2 Å². The maximum absolute atomic E-state index is 13.0. The van der Waals surface area contributed by atoms with E-state index in [9.17, 15) is 21.6 Å². The summed E-state index contributed by atoms with van der Waals surface area (Å²) < 4.78 is 64.6. The van der Waals surface area contributed by atoms with Gasteiger partial charge in [-0.3, -0.25) is 4.31 Å². The first kappa shape index (κ1) is 15.1. The van der Waals surface area contributed by atoms with E-state index in [0.717, 1.165) is 10.4 Å². The third-order valence-electron chi connectivity index (χ3n) is 3.22. The minimum atomic E-state index is -4.59. The number of nitrogens with one attached hydrogen (secondary N) is 1. The van der Waals surface area contributed by atoms with Gasteiger partial charge < -0.3 is 5.32 Å². The van der Waals surface area contributed by atoms with Crippen molar-refractivity contribution in [1.82, 2.24) is 5.32 Å². The van der Waals surface area contributed by atoms with Crippen LogP contribution in [0.25, 0.3) is 0 Å². The van der Waals surface area contributed by atoms with E-state index in [2.05, 4.69) is 5.32 Å². The average Bonchev–Trinajstić information content (AvgIpc) is 2.49. The van der Waals surface area contributed by atoms with E-state index in [0.29, 0.717) is 6.54 Å². The van der Waals surface area contributed by atoms with Crippen LogP contribution in [0.5, 0.6) is 0 Å². The highest BCUT2D eigenvalue weighted by Crippen LogP contribution is 2.37. The molecule has 0 saturated carbocycles. The van der Waals surface area contributed by atoms with E-state index in [1.165, 1.54) is 25.1 Å². The minimum absolute atomic E-state index is 0.0141. The second-order valence-corrected chi connectivity index (χ2v) is 6.92. The molecular weight excluding hydrogens is 293 g/mol. The monoisotopic (exact) mass is 308 g/mol. The molecule has 1 unspecified atom stereocenters. The molecule has 1 N–H and O–H groups in total. The molecule has 1 atom stereocenters. The molecule has 2 rings (SSSR count). The van der Waals surface area contributed by atoms with Crippen LogP contribution >= 0.6 is 0 Å². The van der Waals surface area contributed by atoms with Gasteiger partial charge in [0.2, 0.25) is 10.0 Å². The van der Waals surface area contributed by atoms with E-state index in [1.54, 1.807) is 0 Å². The van der Waals surface area contributed by atoms with Gasteiger partial charge in [0.05, 0.1) is 16.5 Å². The molecule has 0 aromatic heterocycles. The number of hydrogen-bond donors (Lipinski definition) is 1. The molecule has 20 heavy (non-hydrogen) atoms. The maximum atomic E-state index is 13.0. The molecular formula is C12H15F3N2O2S. The number of rotatable bonds is 1. The van der Waals surface area contributed by atoms with E-state index in [1.807, 2.05) is 0 Å². The van der Waals surface area contributed by atoms with Crippen molar-refractivity contribution in [2.75, 3.05) is 23.9 Å². The molecule has 1 saturated heterocycles. The van der Waals surface area contributed by atoms with Crippen molar-refractivity contribution in [3.8, 4) is 0 Å². The van der Waals surface area contributed by atoms with E-state index in [-0.39, 0.29) is 18.8 Å². The Labute approximate surface area is 115 Å². The van der Waals surface area contributed by atoms with Crippen LogP contribution in [0.4, 0.5) is 18.9 Å². The number of anilines is 1. The first-order valence-electron chi connectivity index (χ1n) is 6.13. The molecule has 1 aliphatic rings. The summed E-state index contributed by atoms with van der Waals surface area (Å²) in [4.78, 5) is 0. The Morgan fingerprint density at radius 1 is 1.30 bits per heavy atom. The zero-order chi connectivity index (χ0) is 15.0. The Morgan fingerprint density at radius 3 is 2.60 bits per heavy atom. The molecule has 0 radical (unpaired) electrons. The van der Waals surface area contributed by atoms with Crippen molar-refractivity contribution < 1.29 is 21.6 Å². The number of halogens is 3. The van der Waals surface area contributed by atoms with Crippen LogP contribution in [-0.2, 0) is 16.2 Å². The molecule has 1 aromatic rings. The van der Waals surface area contributed by atoms with Crippen LogP contribution < -0.4 is 9.62 Å². The summed E-state index contributed by atoms with van der Waals surface area (Å²) in [6, 6.07) is 4.74. The Bertz CT molecular complexity index is 587. The SMILES string of the molecule is CC1CNCCN(c2ccccc2C(F)(F)F)S1(=O)=O. The van der Waals surface area contributed by atoms with Crippen LogP contribution in [-0.4, -0.2) is 33.3 Å². The van der Waals surface area contributed by atoms with Gasteiger partial charge in [-0.1, -0.05) is 12.1 Å². The second-order valence-electron chi connectivity index (χ2n) is 4.65. The molecule has 1 fully saturated rings. The standard InChI is InChI=1S/C12H15F3N2O2S/c1-9-8-16-6-7-17(20(9,18)19)11-5-3-2-4-10(11)12(13,14)15/h2-5,9,16H,6-8H2,1H3. The number of para-hydroxylation sites is 1. The first-order valence-corrected chi connectivity index (χ1v) is 7.63. The lowest BCUT2D eigenvalue weighted by Gasteiger charge is -2.27. The van der Waals surface area contributed by atoms with E-state index < -0.39 is 27.0 Å². The van der Waals surface area contributed by atoms with Gasteiger partial charge in [-0.15, -0.1) is 0 Å². The summed E-state index contributed by atoms with van der Waals surface area (Å²) >= 11 is 0. The van der Waals surface area contributed by atoms with Gasteiger partial charge in [-0.05, 0) is 19.1 Å². The lowest BCUT2D eigenvalue weighted by atomic mass is 10.1. The summed E-state index contributed by atoms with van der Waals surface area (Å²) in [7, 11) is -3.80. The van der Waals surface area contributed by atoms with Crippen LogP contribution in [0.15, 0.2) is 24.3 Å². The minimum Gasteiger partial charge on any atom is -0.314 e. The van der Waals surface area contributed by atoms with Gasteiger partial charge in [0.1, 0.15) is 0 Å². The van der Waals surface area contributed by atoms with Crippen LogP contribution in [0.3, 0.4) is 0 Å². The fourth-order valence-electron chi connectivity index (χ4n) is 2.12. The number of benzene rings is 1. The number of alkyl halides is 3. The Hall–Kier alpha value is -1.28. The van der Waals surface area contributed by atoms with Gasteiger partial charge in [0, 0.05) is 19.6 Å². The summed E-state index contributed by atoms with van der Waals surface area (Å²) in [6.45, 7) is 2.01. The highest BCUT2D eigenvalue weighted by molar-refractivity contribution is 7.93. The molecule has 4 nitrogen and oxygen atoms in total. The fourth-order valence-corrected chi connectivity index (χ4v) is 3.67. The van der Waals surface area contributed by atoms with Gasteiger partial charge >= 0.3 is 6.18 Å². The van der Waals surface area contributed by atoms with Crippen LogP contribution in [0.1, 0.15) is 12.5 Å². The quantitative estimate of drug-likeness (QED) is 0.861. The molecule has 112 valence electrons. The Morgan fingerprint density at radius 2 is 1.95 bits per heavy atom. The highest BCUT2D eigenvalue weighted by Gasteiger charge is 2.39. The van der Waals surface area contributed by atoms with Gasteiger partial charge in [-0.25, -0.2) is 8.42 Å². The van der Waals surface area contributed by atoms with Crippen molar-refractivity contribution >= 4 is 15.7 Å². The average molecular weight is 308 g/mol. The topological polar surface area (TPSA) is 49.4 Å². The molecule has 1 aliphatic heterocycles. The van der Waals surface area contributed by atoms with Gasteiger partial charge in [0.25, 0.3) is 0 Å². The summed E-state index contributed by atoms with van der Waals surface area (Å²) in [5, 5.41) is 2.14. The predicted molar refractivity (Wildman–Crippen MR) is 70.0 cm³/mol. The van der Waals surface area contributed by atoms with Crippen molar-refractivity contribution in [2.24, 2.45) is 0 Å². The fraction of sp³-hybridized carbons (Fsp3) is 0.500. The lowest BCUT2D eigenvalue weighted by molar-refractivity contribution is -0.137. The third-order valence-corrected chi connectivity index (χ3v) is 5.39. The molecule has 0 spiro atoms. The zero-order valence-corrected chi connectivity index (χ0v) is 11.6. The van der Waals surface area contributed by atoms with Gasteiger partial charge in [0.15, 0.2) is 0 Å². The summed E-state index contributed by atoms with van der Waals surface area (Å²) in [5.41, 5.74) is -1.24. The zero-order valence-electron chi connectivity index (χ0n) is 10.8. The number of hydrogen-bond acceptors (Lipinski definition) is 3. The third kappa shape index (κ3) is 2.76. The normalized spacial score (nSPS) is 23.4. The highest BCUT2D eigenvalue weighted by atomic mass is 32.2. The smallest absolute Gasteiger partial charge is 0.314 e. The second kappa shape index (κ2) is 5.25. The van der Waals surface area contributed by atoms with E-state index in [4.69, 9.17) is 0 Å². The maximum Gasteiger partial charge on any atom is 0.418 e. The summed E-state index contributed by atoms with van der Waals surface area (Å²) in [5.74, 6) is 0. The predicted octanol–water partition coefficient (Wildman–Crippen LogP) is 1.83. The van der Waals surface area contributed by atoms with Crippen molar-refractivity contribution in [1.29, 1.82) is 0 Å². The van der Waals surface area contributed by atoms with E-state index >= 15 is 0 Å². The van der Waals surface area contributed by atoms with Crippen LogP contribution in [0.2, 0.25) is 0 Å². The Kier molecular flexibility index (Phi) is 3.97. The molecule has 0 aliphatic carbocycles. The first-order chi connectivity index (χ1) is 9.24.